The normalized spacial score (nSPS) is 21.8. The van der Waals surface area contributed by atoms with Gasteiger partial charge in [-0.25, -0.2) is 0 Å². The lowest BCUT2D eigenvalue weighted by atomic mass is 9.78. The number of rotatable bonds is 7. The van der Waals surface area contributed by atoms with Crippen LogP contribution in [0.25, 0.3) is 22.0 Å². The Hall–Kier alpha value is -3.48. The molecule has 0 N–H and O–H groups in total. The molecule has 7 heteroatoms. The molecule has 0 unspecified atom stereocenters. The van der Waals surface area contributed by atoms with Crippen molar-refractivity contribution in [3.63, 3.8) is 0 Å². The van der Waals surface area contributed by atoms with Crippen LogP contribution in [-0.4, -0.2) is 32.0 Å². The molecule has 1 amide bonds. The van der Waals surface area contributed by atoms with Gasteiger partial charge in [0.15, 0.2) is 0 Å². The van der Waals surface area contributed by atoms with Crippen molar-refractivity contribution in [2.24, 2.45) is 18.9 Å². The third-order valence-corrected chi connectivity index (χ3v) is 9.82. The summed E-state index contributed by atoms with van der Waals surface area (Å²) in [6.07, 6.45) is 16.3. The van der Waals surface area contributed by atoms with Crippen molar-refractivity contribution in [2.75, 3.05) is 11.4 Å². The first-order valence-corrected chi connectivity index (χ1v) is 15.6. The smallest absolute Gasteiger partial charge is 0.240 e. The molecule has 0 bridgehead atoms. The minimum Gasteiger partial charge on any atom is -0.312 e. The van der Waals surface area contributed by atoms with Crippen molar-refractivity contribution in [1.82, 2.24) is 19.6 Å². The number of aryl methyl sites for hydroxylation is 1. The van der Waals surface area contributed by atoms with Crippen LogP contribution in [-0.2, 0) is 11.8 Å². The SMILES string of the molecule is Cn1nc(F)c2cc(C3CCC(CN(C(=O)C4CCCCC4)c4cccc(-c5cnn(C6CC6)c5)c4)CC3)ccc21. The first-order chi connectivity index (χ1) is 20.0. The Balaban J connectivity index is 1.09. The van der Waals surface area contributed by atoms with Gasteiger partial charge in [0.2, 0.25) is 11.9 Å². The van der Waals surface area contributed by atoms with Crippen molar-refractivity contribution < 1.29 is 9.18 Å². The lowest BCUT2D eigenvalue weighted by Crippen LogP contribution is -2.41. The zero-order chi connectivity index (χ0) is 27.9. The van der Waals surface area contributed by atoms with Gasteiger partial charge < -0.3 is 4.90 Å². The van der Waals surface area contributed by atoms with Gasteiger partial charge in [0.1, 0.15) is 0 Å². The fourth-order valence-electron chi connectivity index (χ4n) is 7.20. The molecule has 3 fully saturated rings. The Morgan fingerprint density at radius 3 is 2.54 bits per heavy atom. The second-order valence-corrected chi connectivity index (χ2v) is 12.7. The predicted molar refractivity (Wildman–Crippen MR) is 160 cm³/mol. The van der Waals surface area contributed by atoms with E-state index in [0.29, 0.717) is 29.2 Å². The van der Waals surface area contributed by atoms with Crippen LogP contribution in [0.1, 0.15) is 88.2 Å². The number of aromatic nitrogens is 4. The number of anilines is 1. The highest BCUT2D eigenvalue weighted by molar-refractivity contribution is 5.95. The van der Waals surface area contributed by atoms with Gasteiger partial charge >= 0.3 is 0 Å². The van der Waals surface area contributed by atoms with Gasteiger partial charge in [0.05, 0.1) is 23.1 Å². The van der Waals surface area contributed by atoms with Crippen molar-refractivity contribution in [1.29, 1.82) is 0 Å². The Bertz CT molecular complexity index is 1540. The van der Waals surface area contributed by atoms with Gasteiger partial charge in [-0.1, -0.05) is 37.5 Å². The van der Waals surface area contributed by atoms with Gasteiger partial charge in [-0.15, -0.1) is 5.10 Å². The summed E-state index contributed by atoms with van der Waals surface area (Å²) < 4.78 is 18.0. The highest BCUT2D eigenvalue weighted by atomic mass is 19.1. The summed E-state index contributed by atoms with van der Waals surface area (Å²) in [4.78, 5) is 16.2. The van der Waals surface area contributed by atoms with E-state index in [1.165, 1.54) is 24.8 Å². The maximum absolute atomic E-state index is 14.4. The molecule has 2 heterocycles. The quantitative estimate of drug-likeness (QED) is 0.235. The largest absolute Gasteiger partial charge is 0.312 e. The van der Waals surface area contributed by atoms with E-state index >= 15 is 0 Å². The number of hydrogen-bond acceptors (Lipinski definition) is 3. The highest BCUT2D eigenvalue weighted by Crippen LogP contribution is 2.39. The van der Waals surface area contributed by atoms with Crippen molar-refractivity contribution in [3.8, 4) is 11.1 Å². The van der Waals surface area contributed by atoms with E-state index in [4.69, 9.17) is 0 Å². The molecule has 0 saturated heterocycles. The zero-order valence-corrected chi connectivity index (χ0v) is 24.0. The van der Waals surface area contributed by atoms with E-state index in [1.807, 2.05) is 18.3 Å². The third-order valence-electron chi connectivity index (χ3n) is 9.82. The summed E-state index contributed by atoms with van der Waals surface area (Å²) in [5, 5.41) is 9.16. The predicted octanol–water partition coefficient (Wildman–Crippen LogP) is 7.80. The average molecular weight is 554 g/mol. The van der Waals surface area contributed by atoms with E-state index in [0.717, 1.165) is 80.2 Å². The lowest BCUT2D eigenvalue weighted by Gasteiger charge is -2.35. The minimum absolute atomic E-state index is 0.127. The Morgan fingerprint density at radius 1 is 0.951 bits per heavy atom. The number of benzene rings is 2. The molecule has 214 valence electrons. The summed E-state index contributed by atoms with van der Waals surface area (Å²) in [5.74, 6) is 0.914. The number of halogens is 1. The van der Waals surface area contributed by atoms with E-state index < -0.39 is 5.95 Å². The fraction of sp³-hybridized carbons (Fsp3) is 0.500. The second kappa shape index (κ2) is 11.1. The van der Waals surface area contributed by atoms with Gasteiger partial charge in [-0.2, -0.15) is 9.49 Å². The maximum Gasteiger partial charge on any atom is 0.240 e. The molecule has 0 spiro atoms. The van der Waals surface area contributed by atoms with Gasteiger partial charge in [-0.05, 0) is 98.6 Å². The van der Waals surface area contributed by atoms with Crippen LogP contribution >= 0.6 is 0 Å². The molecule has 4 aromatic rings. The van der Waals surface area contributed by atoms with Gasteiger partial charge in [0.25, 0.3) is 0 Å². The molecule has 0 radical (unpaired) electrons. The van der Waals surface area contributed by atoms with Crippen LogP contribution < -0.4 is 4.90 Å². The molecule has 3 aliphatic rings. The molecular weight excluding hydrogens is 513 g/mol. The maximum atomic E-state index is 14.4. The topological polar surface area (TPSA) is 56.0 Å². The minimum atomic E-state index is -0.392. The van der Waals surface area contributed by atoms with Crippen LogP contribution in [0.2, 0.25) is 0 Å². The monoisotopic (exact) mass is 553 g/mol. The summed E-state index contributed by atoms with van der Waals surface area (Å²) in [6.45, 7) is 0.767. The van der Waals surface area contributed by atoms with E-state index in [1.54, 1.807) is 11.7 Å². The van der Waals surface area contributed by atoms with Crippen molar-refractivity contribution in [2.45, 2.75) is 82.6 Å². The molecule has 0 atom stereocenters. The van der Waals surface area contributed by atoms with E-state index in [9.17, 15) is 9.18 Å². The number of nitrogens with zero attached hydrogens (tertiary/aromatic N) is 5. The summed E-state index contributed by atoms with van der Waals surface area (Å²) >= 11 is 0. The Labute approximate surface area is 241 Å². The molecule has 6 nitrogen and oxygen atoms in total. The molecular formula is C34H40FN5O. The number of fused-ring (bicyclic) bond motifs is 1. The Morgan fingerprint density at radius 2 is 1.76 bits per heavy atom. The summed E-state index contributed by atoms with van der Waals surface area (Å²) in [6, 6.07) is 15.2. The second-order valence-electron chi connectivity index (χ2n) is 12.7. The molecule has 0 aliphatic heterocycles. The molecule has 3 saturated carbocycles. The highest BCUT2D eigenvalue weighted by Gasteiger charge is 2.31. The number of amides is 1. The Kier molecular flexibility index (Phi) is 7.13. The average Bonchev–Trinajstić information content (AvgIpc) is 3.68. The number of carbonyl (C=O) groups excluding carboxylic acids is 1. The fourth-order valence-corrected chi connectivity index (χ4v) is 7.20. The van der Waals surface area contributed by atoms with Crippen molar-refractivity contribution in [3.05, 3.63) is 66.4 Å². The lowest BCUT2D eigenvalue weighted by molar-refractivity contribution is -0.123. The van der Waals surface area contributed by atoms with Crippen LogP contribution in [0, 0.1) is 17.8 Å². The third kappa shape index (κ3) is 5.43. The van der Waals surface area contributed by atoms with Crippen LogP contribution in [0.4, 0.5) is 10.1 Å². The van der Waals surface area contributed by atoms with E-state index in [-0.39, 0.29) is 5.92 Å². The molecule has 2 aromatic carbocycles. The standard InChI is InChI=1S/C34H40FN5O/c1-38-32-17-14-27(19-31(32)33(35)37-38)24-12-10-23(11-13-24)21-39(34(41)25-6-3-2-4-7-25)30-9-5-8-26(18-30)28-20-36-40(22-28)29-15-16-29/h5,8-9,14,17-20,22-25,29H,2-4,6-7,10-13,15-16,21H2,1H3. The van der Waals surface area contributed by atoms with Crippen LogP contribution in [0.15, 0.2) is 54.9 Å². The first-order valence-electron chi connectivity index (χ1n) is 15.6. The van der Waals surface area contributed by atoms with Gasteiger partial charge in [0, 0.05) is 37.0 Å². The van der Waals surface area contributed by atoms with Crippen LogP contribution in [0.3, 0.4) is 0 Å². The molecule has 41 heavy (non-hydrogen) atoms. The van der Waals surface area contributed by atoms with Crippen molar-refractivity contribution >= 4 is 22.5 Å². The van der Waals surface area contributed by atoms with Gasteiger partial charge in [-0.3, -0.25) is 14.2 Å². The first kappa shape index (κ1) is 26.4. The van der Waals surface area contributed by atoms with E-state index in [2.05, 4.69) is 56.3 Å². The summed E-state index contributed by atoms with van der Waals surface area (Å²) in [5.41, 5.74) is 5.29. The molecule has 7 rings (SSSR count). The number of hydrogen-bond donors (Lipinski definition) is 0. The molecule has 2 aromatic heterocycles. The van der Waals surface area contributed by atoms with Crippen LogP contribution in [0.5, 0.6) is 0 Å². The summed E-state index contributed by atoms with van der Waals surface area (Å²) in [7, 11) is 1.79. The zero-order valence-electron chi connectivity index (χ0n) is 24.0. The molecule has 3 aliphatic carbocycles. The number of carbonyl (C=O) groups is 1.